The number of carbonyl (C=O) groups is 2. The van der Waals surface area contributed by atoms with Gasteiger partial charge in [0.2, 0.25) is 5.91 Å². The number of hydrogen-bond donors (Lipinski definition) is 3. The number of carbonyl (C=O) groups excluding carboxylic acids is 1. The van der Waals surface area contributed by atoms with E-state index in [1.54, 1.807) is 24.4 Å². The molecule has 4 N–H and O–H groups in total. The van der Waals surface area contributed by atoms with Crippen LogP contribution < -0.4 is 11.2 Å². The second kappa shape index (κ2) is 5.78. The van der Waals surface area contributed by atoms with Crippen LogP contribution in [0.25, 0.3) is 0 Å². The van der Waals surface area contributed by atoms with Gasteiger partial charge >= 0.3 is 5.97 Å². The third-order valence-electron chi connectivity index (χ3n) is 3.31. The predicted molar refractivity (Wildman–Crippen MR) is 82.1 cm³/mol. The summed E-state index contributed by atoms with van der Waals surface area (Å²) >= 11 is 1.42. The highest BCUT2D eigenvalue weighted by Gasteiger charge is 2.51. The van der Waals surface area contributed by atoms with E-state index in [1.807, 2.05) is 0 Å². The molecule has 1 aromatic heterocycles. The number of aliphatic carboxylic acids is 1. The van der Waals surface area contributed by atoms with Crippen molar-refractivity contribution in [3.8, 4) is 0 Å². The number of β-lactam (4-membered cyclic amide) rings is 1. The summed E-state index contributed by atoms with van der Waals surface area (Å²) in [5, 5.41) is 13.0. The van der Waals surface area contributed by atoms with Crippen molar-refractivity contribution < 1.29 is 14.7 Å². The number of amides is 1. The van der Waals surface area contributed by atoms with Crippen LogP contribution in [0, 0.1) is 0 Å². The maximum absolute atomic E-state index is 11.8. The molecule has 2 aliphatic rings. The van der Waals surface area contributed by atoms with Crippen LogP contribution in [0.5, 0.6) is 0 Å². The topological polar surface area (TPSA) is 121 Å². The molecule has 0 radical (unpaired) electrons. The van der Waals surface area contributed by atoms with Crippen molar-refractivity contribution in [1.82, 2.24) is 9.88 Å². The van der Waals surface area contributed by atoms with Gasteiger partial charge in [0.05, 0.1) is 6.21 Å². The number of rotatable bonds is 4. The van der Waals surface area contributed by atoms with Crippen molar-refractivity contribution in [3.63, 3.8) is 0 Å². The van der Waals surface area contributed by atoms with Crippen LogP contribution in [0.2, 0.25) is 0 Å². The Morgan fingerprint density at radius 2 is 2.41 bits per heavy atom. The minimum atomic E-state index is -1.16. The molecule has 0 aliphatic carbocycles. The summed E-state index contributed by atoms with van der Waals surface area (Å²) in [5.41, 5.74) is 8.79. The van der Waals surface area contributed by atoms with Crippen LogP contribution in [0.4, 0.5) is 5.82 Å². The third kappa shape index (κ3) is 2.44. The van der Waals surface area contributed by atoms with Crippen LogP contribution >= 0.6 is 11.8 Å². The molecule has 9 heteroatoms. The average Bonchev–Trinajstić information content (AvgIpc) is 2.54. The van der Waals surface area contributed by atoms with E-state index >= 15 is 0 Å². The third-order valence-corrected chi connectivity index (χ3v) is 4.63. The largest absolute Gasteiger partial charge is 0.477 e. The van der Waals surface area contributed by atoms with E-state index in [9.17, 15) is 14.7 Å². The average molecular weight is 319 g/mol. The Bertz CT molecular complexity index is 676. The first-order valence-electron chi connectivity index (χ1n) is 6.46. The Hall–Kier alpha value is -2.39. The Morgan fingerprint density at radius 3 is 3.09 bits per heavy atom. The van der Waals surface area contributed by atoms with Gasteiger partial charge in [0.25, 0.3) is 0 Å². The fourth-order valence-corrected chi connectivity index (χ4v) is 3.49. The number of carboxylic acid groups (broad SMARTS) is 1. The van der Waals surface area contributed by atoms with Gasteiger partial charge in [-0.25, -0.2) is 9.78 Å². The highest BCUT2D eigenvalue weighted by atomic mass is 32.2. The van der Waals surface area contributed by atoms with Crippen molar-refractivity contribution in [3.05, 3.63) is 35.7 Å². The van der Waals surface area contributed by atoms with Gasteiger partial charge in [-0.05, 0) is 12.1 Å². The second-order valence-electron chi connectivity index (χ2n) is 4.70. The molecule has 8 nitrogen and oxygen atoms in total. The Labute approximate surface area is 130 Å². The standard InChI is InChI=1S/C13H13N5O3S/c14-9-11(19)18-10(13(20)21)7(6-22-12(9)18)5-16-17-8-3-1-2-4-15-8/h1-5,9,12H,6,14H2,(H,15,17)(H,20,21)/b16-5+/t9?,12-/m1/s1. The van der Waals surface area contributed by atoms with Gasteiger partial charge < -0.3 is 10.8 Å². The maximum Gasteiger partial charge on any atom is 0.353 e. The molecule has 2 atom stereocenters. The first-order valence-corrected chi connectivity index (χ1v) is 7.51. The van der Waals surface area contributed by atoms with Crippen molar-refractivity contribution in [2.75, 3.05) is 11.2 Å². The predicted octanol–water partition coefficient (Wildman–Crippen LogP) is 0.0604. The molecule has 0 saturated carbocycles. The lowest BCUT2D eigenvalue weighted by Crippen LogP contribution is -2.68. The van der Waals surface area contributed by atoms with Crippen molar-refractivity contribution in [2.45, 2.75) is 11.4 Å². The fraction of sp³-hybridized carbons (Fsp3) is 0.231. The highest BCUT2D eigenvalue weighted by Crippen LogP contribution is 2.38. The maximum atomic E-state index is 11.8. The van der Waals surface area contributed by atoms with Gasteiger partial charge in [0, 0.05) is 17.5 Å². The lowest BCUT2D eigenvalue weighted by atomic mass is 10.0. The van der Waals surface area contributed by atoms with Gasteiger partial charge in [0.15, 0.2) is 0 Å². The molecule has 1 unspecified atom stereocenters. The zero-order valence-electron chi connectivity index (χ0n) is 11.3. The molecular weight excluding hydrogens is 306 g/mol. The number of thioether (sulfide) groups is 1. The first-order chi connectivity index (χ1) is 10.6. The van der Waals surface area contributed by atoms with E-state index in [-0.39, 0.29) is 17.0 Å². The number of nitrogens with zero attached hydrogens (tertiary/aromatic N) is 3. The molecular formula is C13H13N5O3S. The van der Waals surface area contributed by atoms with Gasteiger partial charge in [-0.3, -0.25) is 15.1 Å². The monoisotopic (exact) mass is 319 g/mol. The SMILES string of the molecule is NC1C(=O)N2C(C(=O)O)=C(/C=N/Nc3ccccn3)CS[C@H]12. The van der Waals surface area contributed by atoms with Gasteiger partial charge in [-0.2, -0.15) is 5.10 Å². The number of pyridine rings is 1. The molecule has 0 aromatic carbocycles. The summed E-state index contributed by atoms with van der Waals surface area (Å²) in [6, 6.07) is 4.67. The molecule has 114 valence electrons. The summed E-state index contributed by atoms with van der Waals surface area (Å²) in [5.74, 6) is -0.570. The fourth-order valence-electron chi connectivity index (χ4n) is 2.24. The van der Waals surface area contributed by atoms with Gasteiger partial charge in [-0.1, -0.05) is 6.07 Å². The lowest BCUT2D eigenvalue weighted by Gasteiger charge is -2.47. The molecule has 2 aliphatic heterocycles. The number of hydrazone groups is 1. The highest BCUT2D eigenvalue weighted by molar-refractivity contribution is 8.00. The number of hydrogen-bond acceptors (Lipinski definition) is 7. The summed E-state index contributed by atoms with van der Waals surface area (Å²) in [4.78, 5) is 28.5. The molecule has 3 heterocycles. The number of nitrogens with one attached hydrogen (secondary N) is 1. The lowest BCUT2D eigenvalue weighted by molar-refractivity contribution is -0.147. The number of anilines is 1. The van der Waals surface area contributed by atoms with E-state index < -0.39 is 12.0 Å². The zero-order valence-corrected chi connectivity index (χ0v) is 12.2. The number of fused-ring (bicyclic) bond motifs is 1. The zero-order chi connectivity index (χ0) is 15.7. The van der Waals surface area contributed by atoms with Crippen molar-refractivity contribution in [2.24, 2.45) is 10.8 Å². The summed E-state index contributed by atoms with van der Waals surface area (Å²) in [6.07, 6.45) is 3.01. The van der Waals surface area contributed by atoms with E-state index in [0.717, 1.165) is 0 Å². The van der Waals surface area contributed by atoms with E-state index in [0.29, 0.717) is 17.1 Å². The van der Waals surface area contributed by atoms with Gasteiger partial charge in [0.1, 0.15) is 22.9 Å². The second-order valence-corrected chi connectivity index (χ2v) is 5.80. The van der Waals surface area contributed by atoms with E-state index in [1.165, 1.54) is 22.9 Å². The first kappa shape index (κ1) is 14.5. The van der Waals surface area contributed by atoms with Crippen molar-refractivity contribution in [1.29, 1.82) is 0 Å². The Balaban J connectivity index is 1.81. The molecule has 1 saturated heterocycles. The number of nitrogens with two attached hydrogens (primary N) is 1. The van der Waals surface area contributed by atoms with Crippen LogP contribution in [-0.4, -0.2) is 50.3 Å². The molecule has 3 rings (SSSR count). The Morgan fingerprint density at radius 1 is 1.59 bits per heavy atom. The minimum Gasteiger partial charge on any atom is -0.477 e. The smallest absolute Gasteiger partial charge is 0.353 e. The number of carboxylic acids is 1. The summed E-state index contributed by atoms with van der Waals surface area (Å²) < 4.78 is 0. The van der Waals surface area contributed by atoms with Crippen LogP contribution in [0.15, 0.2) is 40.8 Å². The molecule has 0 spiro atoms. The Kier molecular flexibility index (Phi) is 3.82. The van der Waals surface area contributed by atoms with Crippen molar-refractivity contribution >= 4 is 35.7 Å². The quantitative estimate of drug-likeness (QED) is 0.407. The number of aromatic nitrogens is 1. The van der Waals surface area contributed by atoms with E-state index in [4.69, 9.17) is 5.73 Å². The van der Waals surface area contributed by atoms with Crippen LogP contribution in [0.1, 0.15) is 0 Å². The van der Waals surface area contributed by atoms with Crippen LogP contribution in [0.3, 0.4) is 0 Å². The van der Waals surface area contributed by atoms with Crippen LogP contribution in [-0.2, 0) is 9.59 Å². The summed E-state index contributed by atoms with van der Waals surface area (Å²) in [7, 11) is 0. The molecule has 22 heavy (non-hydrogen) atoms. The summed E-state index contributed by atoms with van der Waals surface area (Å²) in [6.45, 7) is 0. The minimum absolute atomic E-state index is 0.0537. The molecule has 1 aromatic rings. The normalized spacial score (nSPS) is 24.2. The van der Waals surface area contributed by atoms with E-state index in [2.05, 4.69) is 15.5 Å². The molecule has 1 fully saturated rings. The molecule has 1 amide bonds. The van der Waals surface area contributed by atoms with Gasteiger partial charge in [-0.15, -0.1) is 11.8 Å². The molecule has 0 bridgehead atoms.